The first-order valence-electron chi connectivity index (χ1n) is 10.9. The Hall–Kier alpha value is -1.85. The van der Waals surface area contributed by atoms with E-state index in [4.69, 9.17) is 0 Å². The highest BCUT2D eigenvalue weighted by Crippen LogP contribution is 2.28. The number of nitrogens with one attached hydrogen (secondary N) is 1. The van der Waals surface area contributed by atoms with Gasteiger partial charge in [-0.1, -0.05) is 0 Å². The van der Waals surface area contributed by atoms with Crippen LogP contribution in [-0.2, 0) is 14.8 Å². The minimum atomic E-state index is -4.84. The third kappa shape index (κ3) is 6.58. The summed E-state index contributed by atoms with van der Waals surface area (Å²) in [6.07, 6.45) is -2.55. The number of hydrogen-bond acceptors (Lipinski definition) is 5. The van der Waals surface area contributed by atoms with E-state index in [1.807, 2.05) is 4.90 Å². The first-order chi connectivity index (χ1) is 14.9. The van der Waals surface area contributed by atoms with Crippen molar-refractivity contribution in [3.05, 3.63) is 24.3 Å². The van der Waals surface area contributed by atoms with Crippen LogP contribution >= 0.6 is 0 Å². The molecule has 1 aliphatic heterocycles. The lowest BCUT2D eigenvalue weighted by Crippen LogP contribution is -2.52. The molecule has 2 fully saturated rings. The van der Waals surface area contributed by atoms with Gasteiger partial charge in [-0.05, 0) is 63.8 Å². The predicted octanol–water partition coefficient (Wildman–Crippen LogP) is 2.97. The van der Waals surface area contributed by atoms with Gasteiger partial charge in [-0.15, -0.1) is 13.2 Å². The van der Waals surface area contributed by atoms with Crippen molar-refractivity contribution in [2.75, 3.05) is 26.2 Å². The van der Waals surface area contributed by atoms with Gasteiger partial charge in [-0.2, -0.15) is 0 Å². The Morgan fingerprint density at radius 2 is 1.59 bits per heavy atom. The SMILES string of the molecule is CC(C)N1CCN(C(=O)[C@H]2CC[C@H](NS(=O)(=O)c3ccc(OC(F)(F)F)cc3)CC2)CC1. The number of piperazine rings is 1. The normalized spacial score (nSPS) is 23.4. The summed E-state index contributed by atoms with van der Waals surface area (Å²) in [4.78, 5) is 17.0. The van der Waals surface area contributed by atoms with Crippen LogP contribution in [0, 0.1) is 5.92 Å². The molecule has 1 saturated carbocycles. The number of halogens is 3. The van der Waals surface area contributed by atoms with Crippen LogP contribution < -0.4 is 9.46 Å². The predicted molar refractivity (Wildman–Crippen MR) is 112 cm³/mol. The van der Waals surface area contributed by atoms with Gasteiger partial charge in [0.2, 0.25) is 15.9 Å². The van der Waals surface area contributed by atoms with Crippen molar-refractivity contribution in [1.29, 1.82) is 0 Å². The second kappa shape index (κ2) is 9.96. The van der Waals surface area contributed by atoms with E-state index < -0.39 is 22.1 Å². The van der Waals surface area contributed by atoms with Crippen LogP contribution in [0.4, 0.5) is 13.2 Å². The maximum atomic E-state index is 12.9. The van der Waals surface area contributed by atoms with Crippen molar-refractivity contribution in [3.63, 3.8) is 0 Å². The summed E-state index contributed by atoms with van der Waals surface area (Å²) >= 11 is 0. The van der Waals surface area contributed by atoms with Gasteiger partial charge < -0.3 is 9.64 Å². The van der Waals surface area contributed by atoms with Crippen LogP contribution in [0.3, 0.4) is 0 Å². The van der Waals surface area contributed by atoms with Crippen LogP contribution in [0.25, 0.3) is 0 Å². The Morgan fingerprint density at radius 3 is 2.09 bits per heavy atom. The van der Waals surface area contributed by atoms with Crippen LogP contribution in [0.15, 0.2) is 29.2 Å². The van der Waals surface area contributed by atoms with Gasteiger partial charge in [0.15, 0.2) is 0 Å². The minimum Gasteiger partial charge on any atom is -0.406 e. The summed E-state index contributed by atoms with van der Waals surface area (Å²) in [7, 11) is -3.88. The van der Waals surface area contributed by atoms with Gasteiger partial charge in [-0.3, -0.25) is 9.69 Å². The average Bonchev–Trinajstić information content (AvgIpc) is 2.73. The van der Waals surface area contributed by atoms with Crippen molar-refractivity contribution >= 4 is 15.9 Å². The molecule has 0 atom stereocenters. The number of nitrogens with zero attached hydrogens (tertiary/aromatic N) is 2. The Kier molecular flexibility index (Phi) is 7.72. The number of hydrogen-bond donors (Lipinski definition) is 1. The van der Waals surface area contributed by atoms with E-state index in [9.17, 15) is 26.4 Å². The molecule has 7 nitrogen and oxygen atoms in total. The fraction of sp³-hybridized carbons (Fsp3) is 0.667. The summed E-state index contributed by atoms with van der Waals surface area (Å²) in [6.45, 7) is 7.46. The van der Waals surface area contributed by atoms with E-state index in [0.717, 1.165) is 50.4 Å². The van der Waals surface area contributed by atoms with Gasteiger partial charge >= 0.3 is 6.36 Å². The number of benzene rings is 1. The molecule has 32 heavy (non-hydrogen) atoms. The summed E-state index contributed by atoms with van der Waals surface area (Å²) in [5, 5.41) is 0. The molecule has 0 radical (unpaired) electrons. The number of alkyl halides is 3. The summed E-state index contributed by atoms with van der Waals surface area (Å²) in [6, 6.07) is 4.25. The zero-order valence-corrected chi connectivity index (χ0v) is 19.1. The highest BCUT2D eigenvalue weighted by molar-refractivity contribution is 7.89. The molecule has 0 aromatic heterocycles. The van der Waals surface area contributed by atoms with Gasteiger partial charge in [0, 0.05) is 44.2 Å². The number of amides is 1. The van der Waals surface area contributed by atoms with Crippen molar-refractivity contribution in [1.82, 2.24) is 14.5 Å². The molecule has 11 heteroatoms. The molecule has 1 amide bonds. The van der Waals surface area contributed by atoms with Crippen LogP contribution in [0.5, 0.6) is 5.75 Å². The van der Waals surface area contributed by atoms with Crippen molar-refractivity contribution in [3.8, 4) is 5.75 Å². The highest BCUT2D eigenvalue weighted by Gasteiger charge is 2.33. The summed E-state index contributed by atoms with van der Waals surface area (Å²) in [5.74, 6) is -0.431. The fourth-order valence-electron chi connectivity index (χ4n) is 4.28. The van der Waals surface area contributed by atoms with E-state index in [1.165, 1.54) is 0 Å². The zero-order chi connectivity index (χ0) is 23.5. The Morgan fingerprint density at radius 1 is 1.03 bits per heavy atom. The fourth-order valence-corrected chi connectivity index (χ4v) is 5.59. The van der Waals surface area contributed by atoms with E-state index in [1.54, 1.807) is 0 Å². The topological polar surface area (TPSA) is 79.0 Å². The molecule has 2 aliphatic rings. The minimum absolute atomic E-state index is 0.0971. The molecular weight excluding hydrogens is 447 g/mol. The molecule has 3 rings (SSSR count). The van der Waals surface area contributed by atoms with E-state index in [0.29, 0.717) is 31.7 Å². The van der Waals surface area contributed by atoms with Gasteiger partial charge in [-0.25, -0.2) is 13.1 Å². The van der Waals surface area contributed by atoms with Crippen LogP contribution in [0.2, 0.25) is 0 Å². The average molecular weight is 478 g/mol. The molecule has 0 bridgehead atoms. The first-order valence-corrected chi connectivity index (χ1v) is 12.3. The Bertz CT molecular complexity index is 875. The van der Waals surface area contributed by atoms with Crippen molar-refractivity contribution < 1.29 is 31.1 Å². The number of rotatable bonds is 6. The second-order valence-electron chi connectivity index (χ2n) is 8.64. The van der Waals surface area contributed by atoms with Gasteiger partial charge in [0.05, 0.1) is 4.90 Å². The first kappa shape index (κ1) is 24.8. The molecule has 0 spiro atoms. The molecule has 1 aromatic rings. The highest BCUT2D eigenvalue weighted by atomic mass is 32.2. The van der Waals surface area contributed by atoms with Crippen LogP contribution in [0.1, 0.15) is 39.5 Å². The number of sulfonamides is 1. The van der Waals surface area contributed by atoms with Crippen molar-refractivity contribution in [2.45, 2.75) is 62.9 Å². The third-order valence-corrected chi connectivity index (χ3v) is 7.66. The lowest BCUT2D eigenvalue weighted by molar-refractivity contribution is -0.274. The molecule has 1 saturated heterocycles. The number of ether oxygens (including phenoxy) is 1. The zero-order valence-electron chi connectivity index (χ0n) is 18.3. The van der Waals surface area contributed by atoms with Gasteiger partial charge in [0.1, 0.15) is 5.75 Å². The lowest BCUT2D eigenvalue weighted by atomic mass is 9.85. The molecule has 180 valence electrons. The maximum absolute atomic E-state index is 12.9. The molecule has 1 N–H and O–H groups in total. The quantitative estimate of drug-likeness (QED) is 0.682. The molecular formula is C21H30F3N3O4S. The van der Waals surface area contributed by atoms with E-state index >= 15 is 0 Å². The van der Waals surface area contributed by atoms with Gasteiger partial charge in [0.25, 0.3) is 0 Å². The van der Waals surface area contributed by atoms with E-state index in [-0.39, 0.29) is 22.8 Å². The van der Waals surface area contributed by atoms with E-state index in [2.05, 4.69) is 28.2 Å². The monoisotopic (exact) mass is 477 g/mol. The molecule has 1 heterocycles. The third-order valence-electron chi connectivity index (χ3n) is 6.12. The Balaban J connectivity index is 1.49. The summed E-state index contributed by atoms with van der Waals surface area (Å²) < 4.78 is 68.3. The Labute approximate surface area is 186 Å². The smallest absolute Gasteiger partial charge is 0.406 e. The maximum Gasteiger partial charge on any atom is 0.573 e. The molecule has 1 aromatic carbocycles. The molecule has 0 unspecified atom stereocenters. The standard InChI is InChI=1S/C21H30F3N3O4S/c1-15(2)26-11-13-27(14-12-26)20(28)16-3-5-17(6-4-16)25-32(29,30)19-9-7-18(8-10-19)31-21(22,23)24/h7-10,15-17,25H,3-6,11-14H2,1-2H3/t16-,17-. The van der Waals surface area contributed by atoms with Crippen molar-refractivity contribution in [2.24, 2.45) is 5.92 Å². The lowest BCUT2D eigenvalue weighted by Gasteiger charge is -2.39. The largest absolute Gasteiger partial charge is 0.573 e. The number of carbonyl (C=O) groups is 1. The number of carbonyl (C=O) groups excluding carboxylic acids is 1. The summed E-state index contributed by atoms with van der Waals surface area (Å²) in [5.41, 5.74) is 0. The van der Waals surface area contributed by atoms with Crippen LogP contribution in [-0.4, -0.2) is 68.7 Å². The second-order valence-corrected chi connectivity index (χ2v) is 10.4. The molecule has 1 aliphatic carbocycles.